The summed E-state index contributed by atoms with van der Waals surface area (Å²) < 4.78 is 29.2. The molecule has 2 atom stereocenters. The van der Waals surface area contributed by atoms with Gasteiger partial charge in [-0.3, -0.25) is 4.79 Å². The number of nitrogens with zero attached hydrogens (tertiary/aromatic N) is 1. The van der Waals surface area contributed by atoms with Crippen LogP contribution in [0.5, 0.6) is 0 Å². The monoisotopic (exact) mass is 290 g/mol. The van der Waals surface area contributed by atoms with E-state index in [0.29, 0.717) is 6.54 Å². The average molecular weight is 290 g/mol. The number of carbonyl (C=O) groups excluding carboxylic acids is 1. The van der Waals surface area contributed by atoms with Gasteiger partial charge in [0.05, 0.1) is 17.6 Å². The molecule has 0 aromatic heterocycles. The van der Waals surface area contributed by atoms with Crippen LogP contribution in [0.25, 0.3) is 0 Å². The molecule has 2 heterocycles. The van der Waals surface area contributed by atoms with E-state index in [1.807, 2.05) is 0 Å². The first-order chi connectivity index (χ1) is 9.02. The molecule has 0 aromatic carbocycles. The maximum Gasteiger partial charge on any atom is 0.240 e. The first-order valence-corrected chi connectivity index (χ1v) is 8.62. The van der Waals surface area contributed by atoms with Gasteiger partial charge >= 0.3 is 0 Å². The summed E-state index contributed by atoms with van der Waals surface area (Å²) in [5, 5.41) is 2.81. The van der Waals surface area contributed by atoms with Gasteiger partial charge in [0.1, 0.15) is 6.04 Å². The standard InChI is InChI=1S/C12H22N2O4S/c1-13-11-9-19(16,17)7-5-14(12(11)15)8-10-4-2-3-6-18-10/h10-11,13H,2-9H2,1H3. The van der Waals surface area contributed by atoms with Crippen molar-refractivity contribution in [3.8, 4) is 0 Å². The summed E-state index contributed by atoms with van der Waals surface area (Å²) in [7, 11) is -1.53. The molecule has 2 saturated heterocycles. The molecular formula is C12H22N2O4S. The summed E-state index contributed by atoms with van der Waals surface area (Å²) in [6, 6.07) is -0.629. The van der Waals surface area contributed by atoms with Gasteiger partial charge in [0, 0.05) is 19.7 Å². The topological polar surface area (TPSA) is 75.7 Å². The van der Waals surface area contributed by atoms with Crippen molar-refractivity contribution in [1.82, 2.24) is 10.2 Å². The Bertz CT molecular complexity index is 417. The van der Waals surface area contributed by atoms with Gasteiger partial charge in [0.15, 0.2) is 9.84 Å². The van der Waals surface area contributed by atoms with Crippen LogP contribution in [0.15, 0.2) is 0 Å². The van der Waals surface area contributed by atoms with Crippen LogP contribution in [-0.2, 0) is 19.4 Å². The molecule has 1 amide bonds. The minimum atomic E-state index is -3.15. The first-order valence-electron chi connectivity index (χ1n) is 6.80. The maximum atomic E-state index is 12.3. The summed E-state index contributed by atoms with van der Waals surface area (Å²) in [6.07, 6.45) is 3.18. The predicted octanol–water partition coefficient (Wildman–Crippen LogP) is -0.599. The van der Waals surface area contributed by atoms with E-state index in [1.165, 1.54) is 0 Å². The van der Waals surface area contributed by atoms with Gasteiger partial charge < -0.3 is 15.0 Å². The zero-order valence-corrected chi connectivity index (χ0v) is 12.1. The molecule has 6 nitrogen and oxygen atoms in total. The molecule has 19 heavy (non-hydrogen) atoms. The number of nitrogens with one attached hydrogen (secondary N) is 1. The molecule has 110 valence electrons. The molecular weight excluding hydrogens is 268 g/mol. The van der Waals surface area contributed by atoms with E-state index < -0.39 is 15.9 Å². The van der Waals surface area contributed by atoms with Crippen molar-refractivity contribution in [2.45, 2.75) is 31.4 Å². The number of ether oxygens (including phenoxy) is 1. The lowest BCUT2D eigenvalue weighted by atomic mass is 10.1. The van der Waals surface area contributed by atoms with Gasteiger partial charge in [-0.2, -0.15) is 0 Å². The zero-order valence-electron chi connectivity index (χ0n) is 11.3. The molecule has 0 saturated carbocycles. The number of sulfone groups is 1. The number of carbonyl (C=O) groups is 1. The highest BCUT2D eigenvalue weighted by Gasteiger charge is 2.34. The van der Waals surface area contributed by atoms with E-state index in [1.54, 1.807) is 11.9 Å². The molecule has 2 aliphatic heterocycles. The van der Waals surface area contributed by atoms with Crippen LogP contribution in [-0.4, -0.2) is 69.6 Å². The quantitative estimate of drug-likeness (QED) is 0.751. The Hall–Kier alpha value is -0.660. The molecule has 0 bridgehead atoms. The fraction of sp³-hybridized carbons (Fsp3) is 0.917. The van der Waals surface area contributed by atoms with Crippen molar-refractivity contribution in [3.05, 3.63) is 0 Å². The number of hydrogen-bond donors (Lipinski definition) is 1. The third-order valence-corrected chi connectivity index (χ3v) is 5.39. The molecule has 2 rings (SSSR count). The lowest BCUT2D eigenvalue weighted by Gasteiger charge is -2.30. The first kappa shape index (κ1) is 14.7. The largest absolute Gasteiger partial charge is 0.376 e. The zero-order chi connectivity index (χ0) is 13.9. The smallest absolute Gasteiger partial charge is 0.240 e. The normalized spacial score (nSPS) is 32.1. The number of hydrogen-bond acceptors (Lipinski definition) is 5. The van der Waals surface area contributed by atoms with Crippen LogP contribution in [0, 0.1) is 0 Å². The van der Waals surface area contributed by atoms with Crippen LogP contribution in [0.1, 0.15) is 19.3 Å². The fourth-order valence-corrected chi connectivity index (χ4v) is 4.06. The molecule has 0 radical (unpaired) electrons. The molecule has 2 unspecified atom stereocenters. The molecule has 0 aliphatic carbocycles. The second-order valence-corrected chi connectivity index (χ2v) is 7.46. The Morgan fingerprint density at radius 3 is 2.84 bits per heavy atom. The molecule has 0 aromatic rings. The van der Waals surface area contributed by atoms with E-state index in [2.05, 4.69) is 5.32 Å². The number of amides is 1. The van der Waals surface area contributed by atoms with Crippen LogP contribution in [0.3, 0.4) is 0 Å². The third-order valence-electron chi connectivity index (χ3n) is 3.75. The Labute approximate surface area is 114 Å². The van der Waals surface area contributed by atoms with Gasteiger partial charge in [0.2, 0.25) is 5.91 Å². The van der Waals surface area contributed by atoms with Crippen molar-refractivity contribution in [1.29, 1.82) is 0 Å². The molecule has 0 spiro atoms. The summed E-state index contributed by atoms with van der Waals surface area (Å²) >= 11 is 0. The van der Waals surface area contributed by atoms with Gasteiger partial charge in [0.25, 0.3) is 0 Å². The van der Waals surface area contributed by atoms with Crippen molar-refractivity contribution in [3.63, 3.8) is 0 Å². The molecule has 1 N–H and O–H groups in total. The average Bonchev–Trinajstić information content (AvgIpc) is 2.51. The van der Waals surface area contributed by atoms with Crippen molar-refractivity contribution < 1.29 is 17.9 Å². The van der Waals surface area contributed by atoms with Crippen molar-refractivity contribution >= 4 is 15.7 Å². The van der Waals surface area contributed by atoms with Crippen LogP contribution in [0.2, 0.25) is 0 Å². The van der Waals surface area contributed by atoms with E-state index in [0.717, 1.165) is 25.9 Å². The maximum absolute atomic E-state index is 12.3. The Morgan fingerprint density at radius 1 is 1.42 bits per heavy atom. The molecule has 7 heteroatoms. The molecule has 2 fully saturated rings. The Kier molecular flexibility index (Phi) is 4.81. The van der Waals surface area contributed by atoms with Crippen LogP contribution >= 0.6 is 0 Å². The van der Waals surface area contributed by atoms with E-state index in [-0.39, 0.29) is 30.1 Å². The van der Waals surface area contributed by atoms with E-state index >= 15 is 0 Å². The van der Waals surface area contributed by atoms with Gasteiger partial charge in [-0.25, -0.2) is 8.42 Å². The highest BCUT2D eigenvalue weighted by atomic mass is 32.2. The minimum Gasteiger partial charge on any atom is -0.376 e. The SMILES string of the molecule is CNC1CS(=O)(=O)CCN(CC2CCCCO2)C1=O. The lowest BCUT2D eigenvalue weighted by molar-refractivity contribution is -0.134. The summed E-state index contributed by atoms with van der Waals surface area (Å²) in [5.41, 5.74) is 0. The number of likely N-dealkylation sites (N-methyl/N-ethyl adjacent to an activating group) is 1. The van der Waals surface area contributed by atoms with Gasteiger partial charge in [-0.05, 0) is 26.3 Å². The van der Waals surface area contributed by atoms with Gasteiger partial charge in [-0.15, -0.1) is 0 Å². The summed E-state index contributed by atoms with van der Waals surface area (Å²) in [4.78, 5) is 13.9. The van der Waals surface area contributed by atoms with E-state index in [9.17, 15) is 13.2 Å². The second-order valence-electron chi connectivity index (χ2n) is 5.23. The fourth-order valence-electron chi connectivity index (χ4n) is 2.57. The Morgan fingerprint density at radius 2 is 2.21 bits per heavy atom. The predicted molar refractivity (Wildman–Crippen MR) is 71.7 cm³/mol. The third kappa shape index (κ3) is 3.90. The summed E-state index contributed by atoms with van der Waals surface area (Å²) in [5.74, 6) is -0.189. The Balaban J connectivity index is 2.04. The van der Waals surface area contributed by atoms with Crippen molar-refractivity contribution in [2.24, 2.45) is 0 Å². The minimum absolute atomic E-state index is 0.0453. The van der Waals surface area contributed by atoms with Crippen LogP contribution < -0.4 is 5.32 Å². The van der Waals surface area contributed by atoms with E-state index in [4.69, 9.17) is 4.74 Å². The molecule has 2 aliphatic rings. The highest BCUT2D eigenvalue weighted by Crippen LogP contribution is 2.16. The van der Waals surface area contributed by atoms with Gasteiger partial charge in [-0.1, -0.05) is 0 Å². The highest BCUT2D eigenvalue weighted by molar-refractivity contribution is 7.91. The number of rotatable bonds is 3. The van der Waals surface area contributed by atoms with Crippen LogP contribution in [0.4, 0.5) is 0 Å². The lowest BCUT2D eigenvalue weighted by Crippen LogP contribution is -2.49. The second kappa shape index (κ2) is 6.19. The summed E-state index contributed by atoms with van der Waals surface area (Å²) in [6.45, 7) is 1.52. The van der Waals surface area contributed by atoms with Crippen molar-refractivity contribution in [2.75, 3.05) is 38.2 Å².